The molecule has 1 amide bonds. The standard InChI is InChI=1S/C14H21N3O2.2ClH/c15-9-14(18)16-10-12-2-1-3-13(8-12)11-17-4-6-19-7-5-17;;/h1-3,8H,4-7,9-11,15H2,(H,16,18);2*1H. The van der Waals surface area contributed by atoms with E-state index < -0.39 is 0 Å². The van der Waals surface area contributed by atoms with Crippen molar-refractivity contribution in [2.45, 2.75) is 13.1 Å². The first-order valence-corrected chi connectivity index (χ1v) is 6.62. The van der Waals surface area contributed by atoms with Gasteiger partial charge < -0.3 is 15.8 Å². The molecular formula is C14H23Cl2N3O2. The number of carbonyl (C=O) groups excluding carboxylic acids is 1. The third kappa shape index (κ3) is 7.11. The summed E-state index contributed by atoms with van der Waals surface area (Å²) in [6.07, 6.45) is 0. The van der Waals surface area contributed by atoms with Gasteiger partial charge in [0.05, 0.1) is 19.8 Å². The Morgan fingerprint density at radius 1 is 1.24 bits per heavy atom. The smallest absolute Gasteiger partial charge is 0.234 e. The molecule has 0 aliphatic carbocycles. The summed E-state index contributed by atoms with van der Waals surface area (Å²) < 4.78 is 5.34. The Balaban J connectivity index is 0.00000200. The summed E-state index contributed by atoms with van der Waals surface area (Å²) in [4.78, 5) is 13.5. The van der Waals surface area contributed by atoms with Crippen molar-refractivity contribution in [1.29, 1.82) is 0 Å². The molecule has 0 saturated carbocycles. The molecule has 0 unspecified atom stereocenters. The van der Waals surface area contributed by atoms with E-state index >= 15 is 0 Å². The predicted molar refractivity (Wildman–Crippen MR) is 87.9 cm³/mol. The van der Waals surface area contributed by atoms with E-state index in [0.29, 0.717) is 6.54 Å². The maximum absolute atomic E-state index is 11.1. The largest absolute Gasteiger partial charge is 0.379 e. The van der Waals surface area contributed by atoms with Gasteiger partial charge in [-0.25, -0.2) is 0 Å². The number of hydrogen-bond donors (Lipinski definition) is 2. The summed E-state index contributed by atoms with van der Waals surface area (Å²) in [6, 6.07) is 8.29. The number of halogens is 2. The van der Waals surface area contributed by atoms with Crippen LogP contribution < -0.4 is 11.1 Å². The molecule has 0 aromatic heterocycles. The van der Waals surface area contributed by atoms with Crippen LogP contribution in [0, 0.1) is 0 Å². The van der Waals surface area contributed by atoms with E-state index in [4.69, 9.17) is 10.5 Å². The summed E-state index contributed by atoms with van der Waals surface area (Å²) >= 11 is 0. The Labute approximate surface area is 138 Å². The minimum absolute atomic E-state index is 0. The van der Waals surface area contributed by atoms with Crippen LogP contribution in [0.4, 0.5) is 0 Å². The molecule has 1 aromatic carbocycles. The van der Waals surface area contributed by atoms with Gasteiger partial charge in [-0.2, -0.15) is 0 Å². The predicted octanol–water partition coefficient (Wildman–Crippen LogP) is 0.937. The fourth-order valence-electron chi connectivity index (χ4n) is 2.13. The van der Waals surface area contributed by atoms with Gasteiger partial charge in [0.15, 0.2) is 0 Å². The molecule has 21 heavy (non-hydrogen) atoms. The molecule has 0 atom stereocenters. The van der Waals surface area contributed by atoms with Crippen molar-refractivity contribution in [3.05, 3.63) is 35.4 Å². The lowest BCUT2D eigenvalue weighted by Gasteiger charge is -2.26. The summed E-state index contributed by atoms with van der Waals surface area (Å²) in [7, 11) is 0. The first-order valence-electron chi connectivity index (χ1n) is 6.62. The second-order valence-electron chi connectivity index (χ2n) is 4.69. The average Bonchev–Trinajstić information content (AvgIpc) is 2.46. The fourth-order valence-corrected chi connectivity index (χ4v) is 2.13. The number of hydrogen-bond acceptors (Lipinski definition) is 4. The van der Waals surface area contributed by atoms with Gasteiger partial charge in [0, 0.05) is 26.2 Å². The minimum Gasteiger partial charge on any atom is -0.379 e. The topological polar surface area (TPSA) is 67.6 Å². The number of benzene rings is 1. The van der Waals surface area contributed by atoms with Crippen LogP contribution in [0.2, 0.25) is 0 Å². The molecule has 0 bridgehead atoms. The van der Waals surface area contributed by atoms with Gasteiger partial charge in [0.25, 0.3) is 0 Å². The van der Waals surface area contributed by atoms with E-state index in [1.165, 1.54) is 5.56 Å². The second-order valence-corrected chi connectivity index (χ2v) is 4.69. The molecule has 1 fully saturated rings. The lowest BCUT2D eigenvalue weighted by atomic mass is 10.1. The number of amides is 1. The third-order valence-corrected chi connectivity index (χ3v) is 3.18. The Morgan fingerprint density at radius 3 is 2.57 bits per heavy atom. The summed E-state index contributed by atoms with van der Waals surface area (Å²) in [5.41, 5.74) is 7.63. The van der Waals surface area contributed by atoms with Crippen LogP contribution >= 0.6 is 24.8 Å². The Bertz CT molecular complexity index is 426. The molecule has 1 aromatic rings. The van der Waals surface area contributed by atoms with Crippen LogP contribution in [-0.2, 0) is 22.6 Å². The lowest BCUT2D eigenvalue weighted by molar-refractivity contribution is -0.119. The highest BCUT2D eigenvalue weighted by Crippen LogP contribution is 2.09. The quantitative estimate of drug-likeness (QED) is 0.840. The summed E-state index contributed by atoms with van der Waals surface area (Å²) in [6.45, 7) is 5.09. The van der Waals surface area contributed by atoms with Crippen molar-refractivity contribution in [2.24, 2.45) is 5.73 Å². The van der Waals surface area contributed by atoms with Crippen LogP contribution in [0.1, 0.15) is 11.1 Å². The van der Waals surface area contributed by atoms with E-state index in [1.54, 1.807) is 0 Å². The van der Waals surface area contributed by atoms with E-state index in [1.807, 2.05) is 12.1 Å². The van der Waals surface area contributed by atoms with Crippen molar-refractivity contribution >= 4 is 30.7 Å². The first kappa shape index (κ1) is 20.1. The molecule has 120 valence electrons. The molecule has 7 heteroatoms. The number of ether oxygens (including phenoxy) is 1. The molecule has 1 heterocycles. The van der Waals surface area contributed by atoms with Crippen LogP contribution in [0.5, 0.6) is 0 Å². The highest BCUT2D eigenvalue weighted by molar-refractivity contribution is 5.85. The van der Waals surface area contributed by atoms with Gasteiger partial charge in [-0.05, 0) is 11.1 Å². The van der Waals surface area contributed by atoms with Crippen molar-refractivity contribution in [3.63, 3.8) is 0 Å². The minimum atomic E-state index is -0.126. The van der Waals surface area contributed by atoms with Crippen LogP contribution in [0.3, 0.4) is 0 Å². The first-order chi connectivity index (χ1) is 9.28. The SMILES string of the molecule is Cl.Cl.NCC(=O)NCc1cccc(CN2CCOCC2)c1. The van der Waals surface area contributed by atoms with Crippen LogP contribution in [-0.4, -0.2) is 43.7 Å². The van der Waals surface area contributed by atoms with Crippen molar-refractivity contribution in [1.82, 2.24) is 10.2 Å². The molecular weight excluding hydrogens is 313 g/mol. The number of morpholine rings is 1. The second kappa shape index (κ2) is 10.8. The number of carbonyl (C=O) groups is 1. The molecule has 1 saturated heterocycles. The molecule has 0 radical (unpaired) electrons. The maximum Gasteiger partial charge on any atom is 0.234 e. The molecule has 1 aliphatic heterocycles. The van der Waals surface area contributed by atoms with Crippen LogP contribution in [0.15, 0.2) is 24.3 Å². The highest BCUT2D eigenvalue weighted by Gasteiger charge is 2.10. The Kier molecular flexibility index (Phi) is 10.4. The summed E-state index contributed by atoms with van der Waals surface area (Å²) in [5, 5.41) is 2.78. The number of nitrogens with two attached hydrogens (primary N) is 1. The number of nitrogens with zero attached hydrogens (tertiary/aromatic N) is 1. The van der Waals surface area contributed by atoms with Gasteiger partial charge in [0.2, 0.25) is 5.91 Å². The Hall–Kier alpha value is -0.850. The molecule has 5 nitrogen and oxygen atoms in total. The zero-order valence-corrected chi connectivity index (χ0v) is 13.5. The van der Waals surface area contributed by atoms with Crippen LogP contribution in [0.25, 0.3) is 0 Å². The molecule has 0 spiro atoms. The molecule has 3 N–H and O–H groups in total. The van der Waals surface area contributed by atoms with E-state index in [-0.39, 0.29) is 37.3 Å². The van der Waals surface area contributed by atoms with E-state index in [9.17, 15) is 4.79 Å². The van der Waals surface area contributed by atoms with E-state index in [2.05, 4.69) is 22.3 Å². The highest BCUT2D eigenvalue weighted by atomic mass is 35.5. The third-order valence-electron chi connectivity index (χ3n) is 3.18. The van der Waals surface area contributed by atoms with Gasteiger partial charge in [-0.15, -0.1) is 24.8 Å². The zero-order chi connectivity index (χ0) is 13.5. The maximum atomic E-state index is 11.1. The molecule has 2 rings (SSSR count). The summed E-state index contributed by atoms with van der Waals surface area (Å²) in [5.74, 6) is -0.126. The number of rotatable bonds is 5. The van der Waals surface area contributed by atoms with Crippen molar-refractivity contribution in [2.75, 3.05) is 32.8 Å². The van der Waals surface area contributed by atoms with Crippen molar-refractivity contribution < 1.29 is 9.53 Å². The monoisotopic (exact) mass is 335 g/mol. The van der Waals surface area contributed by atoms with E-state index in [0.717, 1.165) is 38.4 Å². The fraction of sp³-hybridized carbons (Fsp3) is 0.500. The van der Waals surface area contributed by atoms with Gasteiger partial charge in [-0.3, -0.25) is 9.69 Å². The molecule has 1 aliphatic rings. The van der Waals surface area contributed by atoms with Gasteiger partial charge >= 0.3 is 0 Å². The van der Waals surface area contributed by atoms with Gasteiger partial charge in [0.1, 0.15) is 0 Å². The zero-order valence-electron chi connectivity index (χ0n) is 11.9. The normalized spacial score (nSPS) is 14.7. The lowest BCUT2D eigenvalue weighted by Crippen LogP contribution is -2.35. The number of nitrogens with one attached hydrogen (secondary N) is 1. The average molecular weight is 336 g/mol. The Morgan fingerprint density at radius 2 is 1.90 bits per heavy atom. The van der Waals surface area contributed by atoms with Gasteiger partial charge in [-0.1, -0.05) is 24.3 Å². The van der Waals surface area contributed by atoms with Crippen molar-refractivity contribution in [3.8, 4) is 0 Å².